The van der Waals surface area contributed by atoms with Crippen LogP contribution in [0.4, 0.5) is 5.69 Å². The number of aromatic nitrogens is 3. The minimum absolute atomic E-state index is 0.310. The molecule has 23 heavy (non-hydrogen) atoms. The van der Waals surface area contributed by atoms with E-state index < -0.39 is 0 Å². The molecule has 0 amide bonds. The number of hydrogen-bond donors (Lipinski definition) is 1. The molecule has 0 aliphatic rings. The third-order valence-electron chi connectivity index (χ3n) is 3.51. The van der Waals surface area contributed by atoms with E-state index in [1.54, 1.807) is 6.20 Å². The van der Waals surface area contributed by atoms with Gasteiger partial charge in [0.05, 0.1) is 5.52 Å². The molecule has 0 spiro atoms. The Morgan fingerprint density at radius 1 is 1.09 bits per heavy atom. The van der Waals surface area contributed by atoms with E-state index in [0.29, 0.717) is 10.3 Å². The maximum absolute atomic E-state index is 6.01. The molecule has 0 saturated carbocycles. The average Bonchev–Trinajstić information content (AvgIpc) is 2.50. The normalized spacial score (nSPS) is 10.9. The highest BCUT2D eigenvalue weighted by molar-refractivity contribution is 6.31. The molecule has 0 bridgehead atoms. The van der Waals surface area contributed by atoms with Crippen LogP contribution in [0.15, 0.2) is 36.5 Å². The summed E-state index contributed by atoms with van der Waals surface area (Å²) >= 11 is 11.9. The van der Waals surface area contributed by atoms with Crippen molar-refractivity contribution in [2.45, 2.75) is 19.8 Å². The van der Waals surface area contributed by atoms with Crippen LogP contribution in [0.1, 0.15) is 17.8 Å². The Morgan fingerprint density at radius 2 is 1.96 bits per heavy atom. The zero-order valence-electron chi connectivity index (χ0n) is 12.7. The van der Waals surface area contributed by atoms with Crippen molar-refractivity contribution >= 4 is 39.8 Å². The van der Waals surface area contributed by atoms with Crippen LogP contribution in [0, 0.1) is 6.92 Å². The van der Waals surface area contributed by atoms with Gasteiger partial charge in [0.1, 0.15) is 0 Å². The highest BCUT2D eigenvalue weighted by atomic mass is 35.5. The van der Waals surface area contributed by atoms with Crippen molar-refractivity contribution in [1.82, 2.24) is 15.0 Å². The SMILES string of the molecule is Cc1cc(CCCNc2ccnc3cc(Cl)ccc23)nc(Cl)n1. The molecule has 2 aromatic heterocycles. The Bertz CT molecular complexity index is 816. The number of benzene rings is 1. The van der Waals surface area contributed by atoms with E-state index in [-0.39, 0.29) is 0 Å². The molecule has 0 aliphatic heterocycles. The zero-order chi connectivity index (χ0) is 16.2. The molecule has 1 aromatic carbocycles. The summed E-state index contributed by atoms with van der Waals surface area (Å²) < 4.78 is 0. The Morgan fingerprint density at radius 3 is 2.78 bits per heavy atom. The van der Waals surface area contributed by atoms with Crippen LogP contribution in [0.2, 0.25) is 10.3 Å². The minimum Gasteiger partial charge on any atom is -0.384 e. The molecule has 0 fully saturated rings. The van der Waals surface area contributed by atoms with Gasteiger partial charge in [0.15, 0.2) is 0 Å². The first-order valence-electron chi connectivity index (χ1n) is 7.40. The molecule has 0 unspecified atom stereocenters. The monoisotopic (exact) mass is 346 g/mol. The van der Waals surface area contributed by atoms with Gasteiger partial charge in [0.25, 0.3) is 0 Å². The quantitative estimate of drug-likeness (QED) is 0.538. The summed E-state index contributed by atoms with van der Waals surface area (Å²) in [6, 6.07) is 9.67. The average molecular weight is 347 g/mol. The number of halogens is 2. The van der Waals surface area contributed by atoms with Gasteiger partial charge in [0.2, 0.25) is 5.28 Å². The number of rotatable bonds is 5. The minimum atomic E-state index is 0.310. The van der Waals surface area contributed by atoms with Gasteiger partial charge in [-0.15, -0.1) is 0 Å². The predicted octanol–water partition coefficient (Wildman–Crippen LogP) is 4.68. The van der Waals surface area contributed by atoms with Crippen LogP contribution in [0.5, 0.6) is 0 Å². The third kappa shape index (κ3) is 4.09. The first kappa shape index (κ1) is 16.0. The number of pyridine rings is 1. The molecule has 4 nitrogen and oxygen atoms in total. The van der Waals surface area contributed by atoms with E-state index in [4.69, 9.17) is 23.2 Å². The van der Waals surface area contributed by atoms with E-state index >= 15 is 0 Å². The van der Waals surface area contributed by atoms with Crippen molar-refractivity contribution in [3.8, 4) is 0 Å². The lowest BCUT2D eigenvalue weighted by Crippen LogP contribution is -2.05. The van der Waals surface area contributed by atoms with Crippen molar-refractivity contribution in [2.24, 2.45) is 0 Å². The molecule has 118 valence electrons. The molecule has 0 radical (unpaired) electrons. The number of fused-ring (bicyclic) bond motifs is 1. The highest BCUT2D eigenvalue weighted by Crippen LogP contribution is 2.24. The fourth-order valence-electron chi connectivity index (χ4n) is 2.49. The lowest BCUT2D eigenvalue weighted by atomic mass is 10.1. The first-order chi connectivity index (χ1) is 11.1. The summed E-state index contributed by atoms with van der Waals surface area (Å²) in [5, 5.41) is 5.52. The molecular weight excluding hydrogens is 331 g/mol. The van der Waals surface area contributed by atoms with Gasteiger partial charge in [-0.3, -0.25) is 4.98 Å². The van der Waals surface area contributed by atoms with Gasteiger partial charge >= 0.3 is 0 Å². The van der Waals surface area contributed by atoms with Crippen LogP contribution in [-0.4, -0.2) is 21.5 Å². The van der Waals surface area contributed by atoms with Crippen LogP contribution in [0.3, 0.4) is 0 Å². The lowest BCUT2D eigenvalue weighted by molar-refractivity contribution is 0.826. The van der Waals surface area contributed by atoms with Crippen LogP contribution in [-0.2, 0) is 6.42 Å². The molecule has 6 heteroatoms. The third-order valence-corrected chi connectivity index (χ3v) is 3.91. The van der Waals surface area contributed by atoms with Crippen molar-refractivity contribution in [1.29, 1.82) is 0 Å². The van der Waals surface area contributed by atoms with E-state index in [1.807, 2.05) is 37.3 Å². The van der Waals surface area contributed by atoms with Crippen LogP contribution < -0.4 is 5.32 Å². The summed E-state index contributed by atoms with van der Waals surface area (Å²) in [5.74, 6) is 0. The standard InChI is InChI=1S/C17H16Cl2N4/c1-11-9-13(23-17(19)22-11)3-2-7-20-15-6-8-21-16-10-12(18)4-5-14(15)16/h4-6,8-10H,2-3,7H2,1H3,(H,20,21). The molecule has 0 atom stereocenters. The van der Waals surface area contributed by atoms with Crippen LogP contribution in [0.25, 0.3) is 10.9 Å². The van der Waals surface area contributed by atoms with Crippen molar-refractivity contribution < 1.29 is 0 Å². The summed E-state index contributed by atoms with van der Waals surface area (Å²) in [6.45, 7) is 2.76. The van der Waals surface area contributed by atoms with Crippen LogP contribution >= 0.6 is 23.2 Å². The Balaban J connectivity index is 1.63. The van der Waals surface area contributed by atoms with Gasteiger partial charge < -0.3 is 5.32 Å². The highest BCUT2D eigenvalue weighted by Gasteiger charge is 2.03. The fourth-order valence-corrected chi connectivity index (χ4v) is 2.90. The molecule has 0 aliphatic carbocycles. The number of nitrogens with one attached hydrogen (secondary N) is 1. The van der Waals surface area contributed by atoms with Gasteiger partial charge in [-0.25, -0.2) is 9.97 Å². The lowest BCUT2D eigenvalue weighted by Gasteiger charge is -2.09. The molecule has 0 saturated heterocycles. The summed E-state index contributed by atoms with van der Waals surface area (Å²) in [5.41, 5.74) is 3.81. The van der Waals surface area contributed by atoms with Crippen molar-refractivity contribution in [2.75, 3.05) is 11.9 Å². The largest absolute Gasteiger partial charge is 0.384 e. The topological polar surface area (TPSA) is 50.7 Å². The Kier molecular flexibility index (Phi) is 4.94. The van der Waals surface area contributed by atoms with Crippen molar-refractivity contribution in [3.05, 3.63) is 58.2 Å². The van der Waals surface area contributed by atoms with Gasteiger partial charge in [-0.05, 0) is 61.7 Å². The van der Waals surface area contributed by atoms with E-state index in [1.165, 1.54) is 0 Å². The second kappa shape index (κ2) is 7.11. The second-order valence-corrected chi connectivity index (χ2v) is 6.09. The number of hydrogen-bond acceptors (Lipinski definition) is 4. The first-order valence-corrected chi connectivity index (χ1v) is 8.15. The number of aryl methyl sites for hydroxylation is 2. The molecule has 1 N–H and O–H groups in total. The predicted molar refractivity (Wildman–Crippen MR) is 95.3 cm³/mol. The molecule has 3 aromatic rings. The van der Waals surface area contributed by atoms with Gasteiger partial charge in [0, 0.05) is 40.2 Å². The summed E-state index contributed by atoms with van der Waals surface area (Å²) in [6.07, 6.45) is 3.59. The van der Waals surface area contributed by atoms with E-state index in [2.05, 4.69) is 20.3 Å². The Hall–Kier alpha value is -1.91. The molecular formula is C17H16Cl2N4. The number of nitrogens with zero attached hydrogens (tertiary/aromatic N) is 3. The van der Waals surface area contributed by atoms with E-state index in [0.717, 1.165) is 47.4 Å². The zero-order valence-corrected chi connectivity index (χ0v) is 14.2. The summed E-state index contributed by atoms with van der Waals surface area (Å²) in [4.78, 5) is 12.7. The summed E-state index contributed by atoms with van der Waals surface area (Å²) in [7, 11) is 0. The number of anilines is 1. The fraction of sp³-hybridized carbons (Fsp3) is 0.235. The second-order valence-electron chi connectivity index (χ2n) is 5.32. The molecule has 2 heterocycles. The van der Waals surface area contributed by atoms with Gasteiger partial charge in [-0.2, -0.15) is 0 Å². The maximum Gasteiger partial charge on any atom is 0.222 e. The smallest absolute Gasteiger partial charge is 0.222 e. The van der Waals surface area contributed by atoms with E-state index in [9.17, 15) is 0 Å². The van der Waals surface area contributed by atoms with Gasteiger partial charge in [-0.1, -0.05) is 11.6 Å². The van der Waals surface area contributed by atoms with Crippen molar-refractivity contribution in [3.63, 3.8) is 0 Å². The Labute approximate surface area is 144 Å². The molecule has 3 rings (SSSR count). The maximum atomic E-state index is 6.01.